The average Bonchev–Trinajstić information content (AvgIpc) is 3.38. The number of carbonyl (C=O) groups is 2. The number of furan rings is 1. The molecular weight excluding hydrogens is 408 g/mol. The Labute approximate surface area is 186 Å². The van der Waals surface area contributed by atoms with Crippen LogP contribution in [0.2, 0.25) is 0 Å². The number of ether oxygens (including phenoxy) is 2. The summed E-state index contributed by atoms with van der Waals surface area (Å²) in [4.78, 5) is 27.9. The second-order valence-electron chi connectivity index (χ2n) is 7.54. The van der Waals surface area contributed by atoms with Gasteiger partial charge in [-0.2, -0.15) is 0 Å². The van der Waals surface area contributed by atoms with Crippen LogP contribution < -0.4 is 14.8 Å². The summed E-state index contributed by atoms with van der Waals surface area (Å²) < 4.78 is 16.5. The number of amides is 2. The van der Waals surface area contributed by atoms with Crippen molar-refractivity contribution in [1.29, 1.82) is 0 Å². The molecule has 0 atom stereocenters. The Morgan fingerprint density at radius 2 is 1.72 bits per heavy atom. The molecule has 3 aromatic rings. The van der Waals surface area contributed by atoms with Crippen molar-refractivity contribution >= 4 is 23.1 Å². The maximum atomic E-state index is 13.4. The molecule has 0 fully saturated rings. The number of benzene rings is 2. The van der Waals surface area contributed by atoms with Gasteiger partial charge in [0.05, 0.1) is 31.6 Å². The predicted molar refractivity (Wildman–Crippen MR) is 120 cm³/mol. The molecule has 1 N–H and O–H groups in total. The number of rotatable bonds is 8. The lowest BCUT2D eigenvalue weighted by Crippen LogP contribution is -2.31. The van der Waals surface area contributed by atoms with Crippen LogP contribution in [0.5, 0.6) is 11.5 Å². The fraction of sp³-hybridized carbons (Fsp3) is 0.200. The lowest BCUT2D eigenvalue weighted by Gasteiger charge is -2.14. The van der Waals surface area contributed by atoms with Crippen LogP contribution in [-0.2, 0) is 16.1 Å². The van der Waals surface area contributed by atoms with Crippen molar-refractivity contribution < 1.29 is 23.5 Å². The molecule has 32 heavy (non-hydrogen) atoms. The van der Waals surface area contributed by atoms with Gasteiger partial charge >= 0.3 is 0 Å². The van der Waals surface area contributed by atoms with E-state index in [1.807, 2.05) is 32.0 Å². The standard InChI is InChI=1S/C25H24N2O5/c1-16(2)32-18-12-10-17(11-13-18)26-23-22(20-8-4-5-9-21(20)30-3)24(28)27(25(23)29)15-19-7-6-14-31-19/h4-14,16,26H,15H2,1-3H3. The summed E-state index contributed by atoms with van der Waals surface area (Å²) in [7, 11) is 1.53. The van der Waals surface area contributed by atoms with Gasteiger partial charge in [-0.05, 0) is 56.3 Å². The van der Waals surface area contributed by atoms with Crippen LogP contribution in [0.3, 0.4) is 0 Å². The first-order valence-electron chi connectivity index (χ1n) is 10.3. The Morgan fingerprint density at radius 1 is 0.969 bits per heavy atom. The third-order valence-corrected chi connectivity index (χ3v) is 4.93. The number of hydrogen-bond donors (Lipinski definition) is 1. The van der Waals surface area contributed by atoms with E-state index < -0.39 is 11.8 Å². The highest BCUT2D eigenvalue weighted by Crippen LogP contribution is 2.36. The van der Waals surface area contributed by atoms with Crippen molar-refractivity contribution in [2.24, 2.45) is 0 Å². The number of anilines is 1. The third kappa shape index (κ3) is 4.23. The van der Waals surface area contributed by atoms with Crippen LogP contribution in [0.15, 0.2) is 77.0 Å². The second-order valence-corrected chi connectivity index (χ2v) is 7.54. The molecule has 0 saturated heterocycles. The highest BCUT2D eigenvalue weighted by Gasteiger charge is 2.40. The molecule has 0 radical (unpaired) electrons. The van der Waals surface area contributed by atoms with E-state index in [2.05, 4.69) is 5.32 Å². The van der Waals surface area contributed by atoms with Gasteiger partial charge in [0.2, 0.25) is 0 Å². The molecule has 0 aliphatic carbocycles. The smallest absolute Gasteiger partial charge is 0.278 e. The summed E-state index contributed by atoms with van der Waals surface area (Å²) in [6.07, 6.45) is 1.56. The van der Waals surface area contributed by atoms with Crippen LogP contribution in [0.4, 0.5) is 5.69 Å². The quantitative estimate of drug-likeness (QED) is 0.529. The molecule has 1 aromatic heterocycles. The summed E-state index contributed by atoms with van der Waals surface area (Å²) in [6.45, 7) is 3.94. The van der Waals surface area contributed by atoms with E-state index >= 15 is 0 Å². The van der Waals surface area contributed by atoms with Gasteiger partial charge in [-0.25, -0.2) is 0 Å². The Bertz CT molecular complexity index is 1150. The molecule has 2 aromatic carbocycles. The van der Waals surface area contributed by atoms with Gasteiger partial charge < -0.3 is 19.2 Å². The van der Waals surface area contributed by atoms with E-state index in [0.29, 0.717) is 22.8 Å². The molecule has 7 nitrogen and oxygen atoms in total. The zero-order valence-electron chi connectivity index (χ0n) is 18.1. The highest BCUT2D eigenvalue weighted by molar-refractivity contribution is 6.36. The fourth-order valence-corrected chi connectivity index (χ4v) is 3.53. The maximum absolute atomic E-state index is 13.4. The topological polar surface area (TPSA) is 81.0 Å². The molecule has 4 rings (SSSR count). The zero-order chi connectivity index (χ0) is 22.7. The van der Waals surface area contributed by atoms with Gasteiger partial charge in [0.1, 0.15) is 23.0 Å². The number of imide groups is 1. The fourth-order valence-electron chi connectivity index (χ4n) is 3.53. The molecule has 2 amide bonds. The van der Waals surface area contributed by atoms with Crippen molar-refractivity contribution in [2.45, 2.75) is 26.5 Å². The molecule has 0 unspecified atom stereocenters. The summed E-state index contributed by atoms with van der Waals surface area (Å²) in [5, 5.41) is 3.14. The monoisotopic (exact) mass is 432 g/mol. The molecule has 0 spiro atoms. The first-order chi connectivity index (χ1) is 15.5. The molecule has 1 aliphatic heterocycles. The minimum Gasteiger partial charge on any atom is -0.496 e. The summed E-state index contributed by atoms with van der Waals surface area (Å²) in [5.74, 6) is 0.886. The van der Waals surface area contributed by atoms with Crippen molar-refractivity contribution in [1.82, 2.24) is 4.90 Å². The predicted octanol–water partition coefficient (Wildman–Crippen LogP) is 4.47. The average molecular weight is 432 g/mol. The zero-order valence-corrected chi connectivity index (χ0v) is 18.1. The summed E-state index contributed by atoms with van der Waals surface area (Å²) in [5.41, 5.74) is 1.63. The highest BCUT2D eigenvalue weighted by atomic mass is 16.5. The third-order valence-electron chi connectivity index (χ3n) is 4.93. The van der Waals surface area contributed by atoms with Gasteiger partial charge in [-0.3, -0.25) is 14.5 Å². The van der Waals surface area contributed by atoms with E-state index in [1.54, 1.807) is 42.5 Å². The molecular formula is C25H24N2O5. The van der Waals surface area contributed by atoms with E-state index in [9.17, 15) is 9.59 Å². The van der Waals surface area contributed by atoms with Crippen LogP contribution in [0.1, 0.15) is 25.2 Å². The van der Waals surface area contributed by atoms with Crippen LogP contribution >= 0.6 is 0 Å². The molecule has 164 valence electrons. The number of carbonyl (C=O) groups excluding carboxylic acids is 2. The van der Waals surface area contributed by atoms with E-state index in [0.717, 1.165) is 5.75 Å². The lowest BCUT2D eigenvalue weighted by atomic mass is 10.0. The second kappa shape index (κ2) is 9.01. The largest absolute Gasteiger partial charge is 0.496 e. The first kappa shape index (κ1) is 21.2. The number of nitrogens with one attached hydrogen (secondary N) is 1. The molecule has 2 heterocycles. The van der Waals surface area contributed by atoms with Gasteiger partial charge in [0.25, 0.3) is 11.8 Å². The summed E-state index contributed by atoms with van der Waals surface area (Å²) >= 11 is 0. The van der Waals surface area contributed by atoms with Crippen molar-refractivity contribution in [3.05, 3.63) is 83.9 Å². The summed E-state index contributed by atoms with van der Waals surface area (Å²) in [6, 6.07) is 17.8. The minimum absolute atomic E-state index is 0.0374. The number of methoxy groups -OCH3 is 1. The molecule has 1 aliphatic rings. The first-order valence-corrected chi connectivity index (χ1v) is 10.3. The Morgan fingerprint density at radius 3 is 2.38 bits per heavy atom. The van der Waals surface area contributed by atoms with Crippen LogP contribution in [0, 0.1) is 0 Å². The maximum Gasteiger partial charge on any atom is 0.278 e. The van der Waals surface area contributed by atoms with Gasteiger partial charge in [-0.15, -0.1) is 0 Å². The van der Waals surface area contributed by atoms with Crippen molar-refractivity contribution in [3.63, 3.8) is 0 Å². The lowest BCUT2D eigenvalue weighted by molar-refractivity contribution is -0.137. The van der Waals surface area contributed by atoms with Crippen molar-refractivity contribution in [2.75, 3.05) is 12.4 Å². The van der Waals surface area contributed by atoms with Crippen LogP contribution in [0.25, 0.3) is 5.57 Å². The van der Waals surface area contributed by atoms with Gasteiger partial charge in [0.15, 0.2) is 0 Å². The van der Waals surface area contributed by atoms with E-state index in [4.69, 9.17) is 13.9 Å². The minimum atomic E-state index is -0.435. The van der Waals surface area contributed by atoms with E-state index in [1.165, 1.54) is 18.3 Å². The van der Waals surface area contributed by atoms with Crippen molar-refractivity contribution in [3.8, 4) is 11.5 Å². The number of hydrogen-bond acceptors (Lipinski definition) is 6. The number of nitrogens with zero attached hydrogens (tertiary/aromatic N) is 1. The van der Waals surface area contributed by atoms with Gasteiger partial charge in [-0.1, -0.05) is 18.2 Å². The normalized spacial score (nSPS) is 13.8. The molecule has 7 heteroatoms. The van der Waals surface area contributed by atoms with Gasteiger partial charge in [0, 0.05) is 11.3 Å². The molecule has 0 saturated carbocycles. The molecule has 0 bridgehead atoms. The van der Waals surface area contributed by atoms with Crippen LogP contribution in [-0.4, -0.2) is 29.9 Å². The van der Waals surface area contributed by atoms with E-state index in [-0.39, 0.29) is 23.9 Å². The number of para-hydroxylation sites is 1. The Hall–Kier alpha value is -4.00. The Kier molecular flexibility index (Phi) is 5.98. The Balaban J connectivity index is 1.72. The SMILES string of the molecule is COc1ccccc1C1=C(Nc2ccc(OC(C)C)cc2)C(=O)N(Cc2ccco2)C1=O.